The monoisotopic (exact) mass is 214 g/mol. The Morgan fingerprint density at radius 3 is 2.71 bits per heavy atom. The predicted molar refractivity (Wildman–Crippen MR) is 60.2 cm³/mol. The molecule has 14 heavy (non-hydrogen) atoms. The van der Waals surface area contributed by atoms with Crippen molar-refractivity contribution in [1.29, 1.82) is 5.41 Å². The molecule has 2 heterocycles. The molecular weight excluding hydrogens is 196 g/mol. The predicted octanol–water partition coefficient (Wildman–Crippen LogP) is 1.58. The van der Waals surface area contributed by atoms with Gasteiger partial charge in [0.05, 0.1) is 18.0 Å². The summed E-state index contributed by atoms with van der Waals surface area (Å²) in [5.74, 6) is 2.03. The first-order valence-corrected chi connectivity index (χ1v) is 6.27. The van der Waals surface area contributed by atoms with Gasteiger partial charge in [-0.25, -0.2) is 0 Å². The van der Waals surface area contributed by atoms with E-state index in [2.05, 4.69) is 11.8 Å². The van der Waals surface area contributed by atoms with E-state index in [1.54, 1.807) is 0 Å². The van der Waals surface area contributed by atoms with Crippen LogP contribution in [0.2, 0.25) is 0 Å². The number of rotatable bonds is 1. The van der Waals surface area contributed by atoms with E-state index in [4.69, 9.17) is 10.1 Å². The molecule has 0 aromatic carbocycles. The Hall–Kier alpha value is -0.220. The van der Waals surface area contributed by atoms with Crippen molar-refractivity contribution in [2.24, 2.45) is 0 Å². The summed E-state index contributed by atoms with van der Waals surface area (Å²) in [5.41, 5.74) is 0. The molecule has 4 heteroatoms. The molecule has 0 saturated carbocycles. The van der Waals surface area contributed by atoms with E-state index in [-0.39, 0.29) is 4.75 Å². The molecule has 0 aliphatic carbocycles. The van der Waals surface area contributed by atoms with E-state index < -0.39 is 0 Å². The molecule has 1 atom stereocenters. The minimum atomic E-state index is 0.0807. The van der Waals surface area contributed by atoms with Gasteiger partial charge in [-0.3, -0.25) is 5.41 Å². The topological polar surface area (TPSA) is 36.3 Å². The molecule has 2 aliphatic rings. The molecule has 0 aromatic heterocycles. The summed E-state index contributed by atoms with van der Waals surface area (Å²) in [5, 5.41) is 8.23. The third kappa shape index (κ3) is 1.91. The van der Waals surface area contributed by atoms with Crippen molar-refractivity contribution in [3.8, 4) is 0 Å². The molecule has 0 radical (unpaired) electrons. The summed E-state index contributed by atoms with van der Waals surface area (Å²) in [6.07, 6.45) is 2.42. The van der Waals surface area contributed by atoms with Crippen LogP contribution >= 0.6 is 11.8 Å². The minimum Gasteiger partial charge on any atom is -0.378 e. The van der Waals surface area contributed by atoms with E-state index in [0.29, 0.717) is 0 Å². The number of nitrogens with one attached hydrogen (secondary N) is 1. The Balaban J connectivity index is 1.98. The first-order valence-electron chi connectivity index (χ1n) is 5.28. The van der Waals surface area contributed by atoms with Crippen molar-refractivity contribution < 1.29 is 4.74 Å². The average Bonchev–Trinajstić information content (AvgIpc) is 2.67. The number of hydrogen-bond donors (Lipinski definition) is 1. The lowest BCUT2D eigenvalue weighted by atomic mass is 10.0. The van der Waals surface area contributed by atoms with Gasteiger partial charge in [-0.05, 0) is 25.5 Å². The van der Waals surface area contributed by atoms with Gasteiger partial charge in [0.1, 0.15) is 5.84 Å². The smallest absolute Gasteiger partial charge is 0.112 e. The quantitative estimate of drug-likeness (QED) is 0.532. The third-order valence-corrected chi connectivity index (χ3v) is 4.57. The van der Waals surface area contributed by atoms with Crippen molar-refractivity contribution in [1.82, 2.24) is 4.90 Å². The Morgan fingerprint density at radius 2 is 2.14 bits per heavy atom. The molecule has 0 aromatic rings. The number of thioether (sulfide) groups is 1. The lowest BCUT2D eigenvalue weighted by molar-refractivity contribution is 0.0661. The van der Waals surface area contributed by atoms with Crippen LogP contribution in [0, 0.1) is 5.41 Å². The minimum absolute atomic E-state index is 0.0807. The van der Waals surface area contributed by atoms with Crippen molar-refractivity contribution in [3.63, 3.8) is 0 Å². The number of morpholine rings is 1. The van der Waals surface area contributed by atoms with Crippen LogP contribution in [0.25, 0.3) is 0 Å². The molecule has 80 valence electrons. The van der Waals surface area contributed by atoms with E-state index >= 15 is 0 Å². The second-order valence-electron chi connectivity index (χ2n) is 4.13. The van der Waals surface area contributed by atoms with Crippen LogP contribution in [0.3, 0.4) is 0 Å². The van der Waals surface area contributed by atoms with Crippen LogP contribution < -0.4 is 0 Å². The van der Waals surface area contributed by atoms with Gasteiger partial charge >= 0.3 is 0 Å². The van der Waals surface area contributed by atoms with Crippen LogP contribution in [0.15, 0.2) is 0 Å². The van der Waals surface area contributed by atoms with Crippen LogP contribution in [0.5, 0.6) is 0 Å². The molecular formula is C10H18N2OS. The highest BCUT2D eigenvalue weighted by Crippen LogP contribution is 2.39. The molecule has 2 fully saturated rings. The fraction of sp³-hybridized carbons (Fsp3) is 0.900. The summed E-state index contributed by atoms with van der Waals surface area (Å²) >= 11 is 1.94. The maximum atomic E-state index is 8.23. The number of hydrogen-bond acceptors (Lipinski definition) is 3. The second kappa shape index (κ2) is 4.11. The molecule has 1 N–H and O–H groups in total. The Labute approximate surface area is 89.7 Å². The van der Waals surface area contributed by atoms with Gasteiger partial charge in [0, 0.05) is 13.1 Å². The van der Waals surface area contributed by atoms with Gasteiger partial charge in [-0.1, -0.05) is 0 Å². The summed E-state index contributed by atoms with van der Waals surface area (Å²) in [6, 6.07) is 0. The fourth-order valence-electron chi connectivity index (χ4n) is 2.09. The third-order valence-electron chi connectivity index (χ3n) is 3.05. The van der Waals surface area contributed by atoms with Gasteiger partial charge in [0.25, 0.3) is 0 Å². The van der Waals surface area contributed by atoms with Crippen molar-refractivity contribution in [2.45, 2.75) is 24.5 Å². The maximum absolute atomic E-state index is 8.23. The Kier molecular flexibility index (Phi) is 3.02. The molecule has 0 bridgehead atoms. The first-order chi connectivity index (χ1) is 6.72. The Morgan fingerprint density at radius 1 is 1.43 bits per heavy atom. The normalized spacial score (nSPS) is 33.4. The lowest BCUT2D eigenvalue weighted by Gasteiger charge is -2.36. The van der Waals surface area contributed by atoms with Gasteiger partial charge in [-0.15, -0.1) is 11.8 Å². The van der Waals surface area contributed by atoms with Crippen molar-refractivity contribution in [3.05, 3.63) is 0 Å². The molecule has 2 aliphatic heterocycles. The van der Waals surface area contributed by atoms with Gasteiger partial charge < -0.3 is 9.64 Å². The largest absolute Gasteiger partial charge is 0.378 e. The average molecular weight is 214 g/mol. The number of amidine groups is 1. The van der Waals surface area contributed by atoms with Crippen LogP contribution in [-0.2, 0) is 4.74 Å². The van der Waals surface area contributed by atoms with Gasteiger partial charge in [0.2, 0.25) is 0 Å². The maximum Gasteiger partial charge on any atom is 0.112 e. The highest BCUT2D eigenvalue weighted by atomic mass is 32.2. The molecule has 2 saturated heterocycles. The molecule has 0 amide bonds. The standard InChI is InChI=1S/C10H18N2OS/c1-10(3-2-8-14-10)9(11)12-4-6-13-7-5-12/h11H,2-8H2,1H3. The van der Waals surface area contributed by atoms with Crippen LogP contribution in [0.1, 0.15) is 19.8 Å². The van der Waals surface area contributed by atoms with Gasteiger partial charge in [-0.2, -0.15) is 0 Å². The zero-order valence-electron chi connectivity index (χ0n) is 8.71. The molecule has 2 rings (SSSR count). The number of ether oxygens (including phenoxy) is 1. The highest BCUT2D eigenvalue weighted by Gasteiger charge is 2.37. The zero-order valence-corrected chi connectivity index (χ0v) is 9.53. The summed E-state index contributed by atoms with van der Waals surface area (Å²) in [6.45, 7) is 5.57. The van der Waals surface area contributed by atoms with E-state index in [9.17, 15) is 0 Å². The van der Waals surface area contributed by atoms with E-state index in [1.807, 2.05) is 11.8 Å². The zero-order chi connectivity index (χ0) is 10.0. The van der Waals surface area contributed by atoms with E-state index in [0.717, 1.165) is 38.6 Å². The summed E-state index contributed by atoms with van der Waals surface area (Å²) in [4.78, 5) is 2.18. The Bertz CT molecular complexity index is 220. The van der Waals surface area contributed by atoms with E-state index in [1.165, 1.54) is 12.2 Å². The lowest BCUT2D eigenvalue weighted by Crippen LogP contribution is -2.48. The summed E-state index contributed by atoms with van der Waals surface area (Å²) in [7, 11) is 0. The molecule has 0 spiro atoms. The highest BCUT2D eigenvalue weighted by molar-refractivity contribution is 8.01. The van der Waals surface area contributed by atoms with Gasteiger partial charge in [0.15, 0.2) is 0 Å². The van der Waals surface area contributed by atoms with Crippen molar-refractivity contribution in [2.75, 3.05) is 32.1 Å². The number of nitrogens with zero attached hydrogens (tertiary/aromatic N) is 1. The molecule has 3 nitrogen and oxygen atoms in total. The van der Waals surface area contributed by atoms with Crippen LogP contribution in [-0.4, -0.2) is 47.5 Å². The fourth-order valence-corrected chi connectivity index (χ4v) is 3.38. The second-order valence-corrected chi connectivity index (χ2v) is 5.73. The van der Waals surface area contributed by atoms with Crippen molar-refractivity contribution >= 4 is 17.6 Å². The molecule has 1 unspecified atom stereocenters. The summed E-state index contributed by atoms with van der Waals surface area (Å²) < 4.78 is 5.38. The first kappa shape index (κ1) is 10.3. The SMILES string of the molecule is CC1(C(=N)N2CCOCC2)CCCS1. The van der Waals surface area contributed by atoms with Crippen LogP contribution in [0.4, 0.5) is 0 Å².